The molecule has 1 unspecified atom stereocenters. The molecule has 6 heteroatoms. The smallest absolute Gasteiger partial charge is 0.221 e. The maximum atomic E-state index is 11.2. The number of primary amides is 1. The Morgan fingerprint density at radius 1 is 1.56 bits per heavy atom. The van der Waals surface area contributed by atoms with Crippen LogP contribution in [0.5, 0.6) is 0 Å². The van der Waals surface area contributed by atoms with Crippen molar-refractivity contribution in [1.82, 2.24) is 9.88 Å². The van der Waals surface area contributed by atoms with Crippen molar-refractivity contribution in [3.63, 3.8) is 0 Å². The number of nitrogens with zero attached hydrogens (tertiary/aromatic N) is 2. The highest BCUT2D eigenvalue weighted by molar-refractivity contribution is 5.76. The maximum Gasteiger partial charge on any atom is 0.221 e. The Morgan fingerprint density at radius 2 is 2.39 bits per heavy atom. The largest absolute Gasteiger partial charge is 0.369 e. The summed E-state index contributed by atoms with van der Waals surface area (Å²) in [6, 6.07) is 5.67. The van der Waals surface area contributed by atoms with E-state index in [0.717, 1.165) is 38.2 Å². The minimum absolute atomic E-state index is 0.0328. The molecule has 1 amide bonds. The third-order valence-electron chi connectivity index (χ3n) is 3.25. The van der Waals surface area contributed by atoms with Gasteiger partial charge in [0.2, 0.25) is 5.91 Å². The third kappa shape index (κ3) is 3.18. The molecule has 1 atom stereocenters. The zero-order valence-corrected chi connectivity index (χ0v) is 10.3. The number of carbonyl (C=O) groups excluding carboxylic acids is 1. The lowest BCUT2D eigenvalue weighted by Gasteiger charge is -2.30. The summed E-state index contributed by atoms with van der Waals surface area (Å²) >= 11 is 0. The predicted octanol–water partition coefficient (Wildman–Crippen LogP) is 0.0645. The monoisotopic (exact) mass is 249 g/mol. The molecule has 1 aromatic heterocycles. The Bertz CT molecular complexity index is 423. The van der Waals surface area contributed by atoms with E-state index in [1.54, 1.807) is 0 Å². The lowest BCUT2D eigenvalue weighted by atomic mass is 9.97. The first-order valence-electron chi connectivity index (χ1n) is 6.13. The summed E-state index contributed by atoms with van der Waals surface area (Å²) in [4.78, 5) is 17.8. The number of nitrogens with two attached hydrogens (primary N) is 2. The van der Waals surface area contributed by atoms with Crippen molar-refractivity contribution in [2.75, 3.05) is 18.5 Å². The van der Waals surface area contributed by atoms with E-state index in [1.807, 2.05) is 18.2 Å². The van der Waals surface area contributed by atoms with Gasteiger partial charge in [-0.1, -0.05) is 6.07 Å². The highest BCUT2D eigenvalue weighted by Gasteiger charge is 2.23. The number of rotatable bonds is 4. The van der Waals surface area contributed by atoms with Crippen LogP contribution in [0.4, 0.5) is 5.82 Å². The van der Waals surface area contributed by atoms with Crippen molar-refractivity contribution in [2.24, 2.45) is 17.5 Å². The number of nitrogens with one attached hydrogen (secondary N) is 1. The molecule has 1 fully saturated rings. The molecule has 18 heavy (non-hydrogen) atoms. The SMILES string of the molecule is NNc1cccc(CN2CCCC(C(N)=O)C2)n1. The van der Waals surface area contributed by atoms with Crippen LogP contribution in [0.2, 0.25) is 0 Å². The summed E-state index contributed by atoms with van der Waals surface area (Å²) in [5.41, 5.74) is 8.83. The van der Waals surface area contributed by atoms with Crippen molar-refractivity contribution < 1.29 is 4.79 Å². The van der Waals surface area contributed by atoms with E-state index in [0.29, 0.717) is 5.82 Å². The molecule has 5 N–H and O–H groups in total. The second kappa shape index (κ2) is 5.79. The minimum atomic E-state index is -0.204. The van der Waals surface area contributed by atoms with Crippen LogP contribution in [0.3, 0.4) is 0 Å². The van der Waals surface area contributed by atoms with Gasteiger partial charge in [-0.25, -0.2) is 10.8 Å². The molecular formula is C12H19N5O. The number of pyridine rings is 1. The first kappa shape index (κ1) is 12.8. The summed E-state index contributed by atoms with van der Waals surface area (Å²) in [6.07, 6.45) is 1.89. The highest BCUT2D eigenvalue weighted by atomic mass is 16.1. The molecule has 2 rings (SSSR count). The average molecular weight is 249 g/mol. The molecule has 1 aliphatic rings. The number of hydrogen-bond donors (Lipinski definition) is 3. The van der Waals surface area contributed by atoms with Crippen LogP contribution in [0.25, 0.3) is 0 Å². The third-order valence-corrected chi connectivity index (χ3v) is 3.25. The Labute approximate surface area is 106 Å². The number of hydrogen-bond acceptors (Lipinski definition) is 5. The summed E-state index contributed by atoms with van der Waals surface area (Å²) in [5, 5.41) is 0. The standard InChI is InChI=1S/C12H19N5O/c13-12(18)9-3-2-6-17(7-9)8-10-4-1-5-11(15-10)16-14/h1,4-5,9H,2-3,6-8,14H2,(H2,13,18)(H,15,16). The van der Waals surface area contributed by atoms with Gasteiger partial charge in [-0.15, -0.1) is 0 Å². The molecule has 0 aliphatic carbocycles. The van der Waals surface area contributed by atoms with Crippen LogP contribution in [0.1, 0.15) is 18.5 Å². The molecule has 1 saturated heterocycles. The van der Waals surface area contributed by atoms with Gasteiger partial charge in [0.1, 0.15) is 5.82 Å². The molecular weight excluding hydrogens is 230 g/mol. The summed E-state index contributed by atoms with van der Waals surface area (Å²) in [7, 11) is 0. The van der Waals surface area contributed by atoms with Crippen molar-refractivity contribution in [1.29, 1.82) is 0 Å². The van der Waals surface area contributed by atoms with Gasteiger partial charge in [-0.05, 0) is 31.5 Å². The van der Waals surface area contributed by atoms with E-state index in [1.165, 1.54) is 0 Å². The van der Waals surface area contributed by atoms with Crippen molar-refractivity contribution in [2.45, 2.75) is 19.4 Å². The van der Waals surface area contributed by atoms with Gasteiger partial charge in [-0.3, -0.25) is 9.69 Å². The second-order valence-corrected chi connectivity index (χ2v) is 4.64. The molecule has 0 aromatic carbocycles. The number of carbonyl (C=O) groups is 1. The van der Waals surface area contributed by atoms with Crippen molar-refractivity contribution in [3.05, 3.63) is 23.9 Å². The highest BCUT2D eigenvalue weighted by Crippen LogP contribution is 2.18. The van der Waals surface area contributed by atoms with E-state index in [9.17, 15) is 4.79 Å². The Balaban J connectivity index is 1.97. The fourth-order valence-corrected chi connectivity index (χ4v) is 2.31. The number of piperidine rings is 1. The lowest BCUT2D eigenvalue weighted by molar-refractivity contribution is -0.123. The Kier molecular flexibility index (Phi) is 4.11. The quantitative estimate of drug-likeness (QED) is 0.518. The van der Waals surface area contributed by atoms with Crippen LogP contribution < -0.4 is 17.0 Å². The second-order valence-electron chi connectivity index (χ2n) is 4.64. The van der Waals surface area contributed by atoms with Gasteiger partial charge in [0, 0.05) is 13.1 Å². The van der Waals surface area contributed by atoms with Crippen LogP contribution in [-0.2, 0) is 11.3 Å². The van der Waals surface area contributed by atoms with Crippen LogP contribution in [0, 0.1) is 5.92 Å². The van der Waals surface area contributed by atoms with Gasteiger partial charge < -0.3 is 11.2 Å². The number of anilines is 1. The van der Waals surface area contributed by atoms with Crippen LogP contribution >= 0.6 is 0 Å². The van der Waals surface area contributed by atoms with E-state index in [4.69, 9.17) is 11.6 Å². The fraction of sp³-hybridized carbons (Fsp3) is 0.500. The molecule has 0 bridgehead atoms. The topological polar surface area (TPSA) is 97.3 Å². The first-order chi connectivity index (χ1) is 8.69. The van der Waals surface area contributed by atoms with E-state index < -0.39 is 0 Å². The normalized spacial score (nSPS) is 20.6. The van der Waals surface area contributed by atoms with Crippen molar-refractivity contribution >= 4 is 11.7 Å². The molecule has 2 heterocycles. The number of likely N-dealkylation sites (tertiary alicyclic amines) is 1. The fourth-order valence-electron chi connectivity index (χ4n) is 2.31. The van der Waals surface area contributed by atoms with Gasteiger partial charge in [-0.2, -0.15) is 0 Å². The number of nitrogen functional groups attached to an aromatic ring is 1. The summed E-state index contributed by atoms with van der Waals surface area (Å²) in [5.74, 6) is 5.74. The maximum absolute atomic E-state index is 11.2. The van der Waals surface area contributed by atoms with Crippen molar-refractivity contribution in [3.8, 4) is 0 Å². The summed E-state index contributed by atoms with van der Waals surface area (Å²) < 4.78 is 0. The molecule has 0 saturated carbocycles. The van der Waals surface area contributed by atoms with Gasteiger partial charge >= 0.3 is 0 Å². The van der Waals surface area contributed by atoms with Crippen LogP contribution in [0.15, 0.2) is 18.2 Å². The minimum Gasteiger partial charge on any atom is -0.369 e. The number of hydrazine groups is 1. The molecule has 0 spiro atoms. The molecule has 0 radical (unpaired) electrons. The van der Waals surface area contributed by atoms with E-state index in [2.05, 4.69) is 15.3 Å². The van der Waals surface area contributed by atoms with E-state index >= 15 is 0 Å². The van der Waals surface area contributed by atoms with Gasteiger partial charge in [0.05, 0.1) is 11.6 Å². The van der Waals surface area contributed by atoms with Gasteiger partial charge in [0.15, 0.2) is 0 Å². The Morgan fingerprint density at radius 3 is 3.11 bits per heavy atom. The Hall–Kier alpha value is -1.66. The number of amides is 1. The molecule has 6 nitrogen and oxygen atoms in total. The summed E-state index contributed by atoms with van der Waals surface area (Å²) in [6.45, 7) is 2.42. The average Bonchev–Trinajstić information content (AvgIpc) is 2.39. The zero-order valence-electron chi connectivity index (χ0n) is 10.3. The molecule has 98 valence electrons. The van der Waals surface area contributed by atoms with E-state index in [-0.39, 0.29) is 11.8 Å². The molecule has 1 aromatic rings. The lowest BCUT2D eigenvalue weighted by Crippen LogP contribution is -2.40. The predicted molar refractivity (Wildman–Crippen MR) is 69.2 cm³/mol. The van der Waals surface area contributed by atoms with Crippen LogP contribution in [-0.4, -0.2) is 28.9 Å². The molecule has 1 aliphatic heterocycles. The van der Waals surface area contributed by atoms with Gasteiger partial charge in [0.25, 0.3) is 0 Å². The number of aromatic nitrogens is 1. The zero-order chi connectivity index (χ0) is 13.0. The first-order valence-corrected chi connectivity index (χ1v) is 6.13.